The number of fused-ring (bicyclic) bond motifs is 1. The normalized spacial score (nSPS) is 24.6. The van der Waals surface area contributed by atoms with Crippen LogP contribution in [0.15, 0.2) is 18.2 Å². The third-order valence-corrected chi connectivity index (χ3v) is 7.45. The Morgan fingerprint density at radius 3 is 2.47 bits per heavy atom. The first-order chi connectivity index (χ1) is 15.4. The Morgan fingerprint density at radius 2 is 1.75 bits per heavy atom. The SMILES string of the molecule is CC(C)OC(=O)CCC1CCC(N2CCN(c3ccc4c(c3)CCN(C)CC4)C2=O)CC1. The molecule has 2 heterocycles. The van der Waals surface area contributed by atoms with E-state index in [9.17, 15) is 9.59 Å². The molecule has 0 aromatic heterocycles. The van der Waals surface area contributed by atoms with Crippen molar-refractivity contribution in [2.75, 3.05) is 38.1 Å². The number of carbonyl (C=O) groups is 2. The fourth-order valence-corrected chi connectivity index (χ4v) is 5.51. The molecule has 176 valence electrons. The lowest BCUT2D eigenvalue weighted by molar-refractivity contribution is -0.147. The summed E-state index contributed by atoms with van der Waals surface area (Å²) in [7, 11) is 2.18. The molecule has 0 bridgehead atoms. The number of ether oxygens (including phenoxy) is 1. The summed E-state index contributed by atoms with van der Waals surface area (Å²) in [5.74, 6) is 0.488. The lowest BCUT2D eigenvalue weighted by Gasteiger charge is -2.34. The van der Waals surface area contributed by atoms with Crippen LogP contribution < -0.4 is 4.90 Å². The third-order valence-electron chi connectivity index (χ3n) is 7.45. The highest BCUT2D eigenvalue weighted by Gasteiger charge is 2.36. The van der Waals surface area contributed by atoms with E-state index in [4.69, 9.17) is 4.74 Å². The molecule has 1 saturated carbocycles. The van der Waals surface area contributed by atoms with Gasteiger partial charge < -0.3 is 14.5 Å². The first-order valence-corrected chi connectivity index (χ1v) is 12.5. The van der Waals surface area contributed by atoms with Gasteiger partial charge in [-0.1, -0.05) is 6.07 Å². The van der Waals surface area contributed by atoms with Gasteiger partial charge in [0.05, 0.1) is 6.10 Å². The zero-order chi connectivity index (χ0) is 22.7. The lowest BCUT2D eigenvalue weighted by Crippen LogP contribution is -2.41. The van der Waals surface area contributed by atoms with Gasteiger partial charge >= 0.3 is 12.0 Å². The Morgan fingerprint density at radius 1 is 1.03 bits per heavy atom. The second kappa shape index (κ2) is 10.2. The van der Waals surface area contributed by atoms with E-state index in [1.807, 2.05) is 18.7 Å². The number of hydrogen-bond acceptors (Lipinski definition) is 4. The molecule has 0 spiro atoms. The zero-order valence-electron chi connectivity index (χ0n) is 20.0. The molecule has 2 amide bonds. The molecule has 1 aromatic carbocycles. The monoisotopic (exact) mass is 441 g/mol. The summed E-state index contributed by atoms with van der Waals surface area (Å²) in [5.41, 5.74) is 3.88. The van der Waals surface area contributed by atoms with Crippen molar-refractivity contribution in [1.29, 1.82) is 0 Å². The Labute approximate surface area is 192 Å². The molecular formula is C26H39N3O3. The van der Waals surface area contributed by atoms with Gasteiger partial charge in [0.1, 0.15) is 0 Å². The van der Waals surface area contributed by atoms with Crippen molar-refractivity contribution in [1.82, 2.24) is 9.80 Å². The van der Waals surface area contributed by atoms with Crippen LogP contribution in [0.4, 0.5) is 10.5 Å². The number of urea groups is 1. The van der Waals surface area contributed by atoms with Gasteiger partial charge in [-0.3, -0.25) is 9.69 Å². The van der Waals surface area contributed by atoms with Crippen molar-refractivity contribution in [3.8, 4) is 0 Å². The molecule has 0 radical (unpaired) electrons. The highest BCUT2D eigenvalue weighted by atomic mass is 16.5. The highest BCUT2D eigenvalue weighted by molar-refractivity contribution is 5.94. The Balaban J connectivity index is 1.30. The minimum Gasteiger partial charge on any atom is -0.463 e. The van der Waals surface area contributed by atoms with Crippen LogP contribution >= 0.6 is 0 Å². The van der Waals surface area contributed by atoms with E-state index in [2.05, 4.69) is 35.0 Å². The number of hydrogen-bond donors (Lipinski definition) is 0. The molecule has 0 N–H and O–H groups in total. The average molecular weight is 442 g/mol. The predicted molar refractivity (Wildman–Crippen MR) is 127 cm³/mol. The molecule has 4 rings (SSSR count). The molecule has 3 aliphatic rings. The van der Waals surface area contributed by atoms with Crippen LogP contribution in [0.2, 0.25) is 0 Å². The Kier molecular flexibility index (Phi) is 7.39. The van der Waals surface area contributed by atoms with E-state index in [1.54, 1.807) is 0 Å². The first-order valence-electron chi connectivity index (χ1n) is 12.5. The zero-order valence-corrected chi connectivity index (χ0v) is 20.0. The van der Waals surface area contributed by atoms with Crippen LogP contribution in [0, 0.1) is 5.92 Å². The molecule has 1 saturated heterocycles. The van der Waals surface area contributed by atoms with Gasteiger partial charge in [0.2, 0.25) is 0 Å². The van der Waals surface area contributed by atoms with Gasteiger partial charge in [-0.05, 0) is 95.0 Å². The molecule has 6 heteroatoms. The number of benzene rings is 1. The summed E-state index contributed by atoms with van der Waals surface area (Å²) in [4.78, 5) is 31.6. The van der Waals surface area contributed by atoms with E-state index >= 15 is 0 Å². The second-order valence-electron chi connectivity index (χ2n) is 10.1. The van der Waals surface area contributed by atoms with Crippen LogP contribution in [0.5, 0.6) is 0 Å². The quantitative estimate of drug-likeness (QED) is 0.620. The molecule has 0 atom stereocenters. The van der Waals surface area contributed by atoms with Crippen molar-refractivity contribution < 1.29 is 14.3 Å². The van der Waals surface area contributed by atoms with Crippen molar-refractivity contribution in [2.24, 2.45) is 5.92 Å². The van der Waals surface area contributed by atoms with E-state index < -0.39 is 0 Å². The maximum Gasteiger partial charge on any atom is 0.324 e. The van der Waals surface area contributed by atoms with Gasteiger partial charge in [-0.15, -0.1) is 0 Å². The van der Waals surface area contributed by atoms with Gasteiger partial charge in [0.25, 0.3) is 0 Å². The molecule has 6 nitrogen and oxygen atoms in total. The number of esters is 1. The average Bonchev–Trinajstić information content (AvgIpc) is 3.05. The fraction of sp³-hybridized carbons (Fsp3) is 0.692. The first kappa shape index (κ1) is 23.1. The molecule has 2 aliphatic heterocycles. The number of likely N-dealkylation sites (N-methyl/N-ethyl adjacent to an activating group) is 1. The van der Waals surface area contributed by atoms with Crippen LogP contribution in [0.25, 0.3) is 0 Å². The number of carbonyl (C=O) groups excluding carboxylic acids is 2. The van der Waals surface area contributed by atoms with Crippen LogP contribution in [-0.4, -0.2) is 67.2 Å². The molecular weight excluding hydrogens is 402 g/mol. The minimum absolute atomic E-state index is 0.0386. The topological polar surface area (TPSA) is 53.1 Å². The molecule has 32 heavy (non-hydrogen) atoms. The summed E-state index contributed by atoms with van der Waals surface area (Å²) in [6.45, 7) is 7.56. The van der Waals surface area contributed by atoms with Gasteiger partial charge in [-0.25, -0.2) is 4.79 Å². The van der Waals surface area contributed by atoms with Crippen molar-refractivity contribution in [3.05, 3.63) is 29.3 Å². The van der Waals surface area contributed by atoms with E-state index in [-0.39, 0.29) is 18.1 Å². The van der Waals surface area contributed by atoms with E-state index in [0.29, 0.717) is 18.4 Å². The summed E-state index contributed by atoms with van der Waals surface area (Å²) < 4.78 is 5.26. The third kappa shape index (κ3) is 5.45. The van der Waals surface area contributed by atoms with E-state index in [0.717, 1.165) is 76.8 Å². The number of anilines is 1. The molecule has 1 aliphatic carbocycles. The van der Waals surface area contributed by atoms with Gasteiger partial charge in [0, 0.05) is 44.3 Å². The Bertz CT molecular complexity index is 817. The predicted octanol–water partition coefficient (Wildman–Crippen LogP) is 4.25. The van der Waals surface area contributed by atoms with Gasteiger partial charge in [-0.2, -0.15) is 0 Å². The maximum atomic E-state index is 13.3. The van der Waals surface area contributed by atoms with Gasteiger partial charge in [0.15, 0.2) is 0 Å². The summed E-state index contributed by atoms with van der Waals surface area (Å²) in [5, 5.41) is 0. The summed E-state index contributed by atoms with van der Waals surface area (Å²) in [6.07, 6.45) is 7.79. The van der Waals surface area contributed by atoms with Crippen molar-refractivity contribution in [3.63, 3.8) is 0 Å². The van der Waals surface area contributed by atoms with Crippen LogP contribution in [0.3, 0.4) is 0 Å². The van der Waals surface area contributed by atoms with Crippen LogP contribution in [-0.2, 0) is 22.4 Å². The number of nitrogens with zero attached hydrogens (tertiary/aromatic N) is 3. The van der Waals surface area contributed by atoms with E-state index in [1.165, 1.54) is 11.1 Å². The lowest BCUT2D eigenvalue weighted by atomic mass is 9.83. The number of rotatable bonds is 6. The fourth-order valence-electron chi connectivity index (χ4n) is 5.51. The highest BCUT2D eigenvalue weighted by Crippen LogP contribution is 2.33. The molecule has 0 unspecified atom stereocenters. The largest absolute Gasteiger partial charge is 0.463 e. The van der Waals surface area contributed by atoms with Crippen molar-refractivity contribution in [2.45, 2.75) is 77.4 Å². The minimum atomic E-state index is -0.0834. The summed E-state index contributed by atoms with van der Waals surface area (Å²) in [6, 6.07) is 7.12. The number of amides is 2. The van der Waals surface area contributed by atoms with Crippen molar-refractivity contribution >= 4 is 17.7 Å². The second-order valence-corrected chi connectivity index (χ2v) is 10.1. The smallest absolute Gasteiger partial charge is 0.324 e. The van der Waals surface area contributed by atoms with Crippen LogP contribution in [0.1, 0.15) is 63.5 Å². The molecule has 2 fully saturated rings. The molecule has 1 aromatic rings. The standard InChI is InChI=1S/C26H39N3O3/c1-19(2)32-25(30)11-6-20-4-8-23(9-5-20)28-16-17-29(26(28)31)24-10-7-21-12-14-27(3)15-13-22(21)18-24/h7,10,18-20,23H,4-6,8-9,11-17H2,1-3H3. The summed E-state index contributed by atoms with van der Waals surface area (Å²) >= 11 is 0. The Hall–Kier alpha value is -2.08. The maximum absolute atomic E-state index is 13.3.